The van der Waals surface area contributed by atoms with Gasteiger partial charge in [-0.25, -0.2) is 0 Å². The highest BCUT2D eigenvalue weighted by atomic mass is 16.3. The molecule has 0 bridgehead atoms. The SMILES string of the molecule is CC(NCC1CCCCC1O)c1cnccn1. The molecule has 94 valence electrons. The summed E-state index contributed by atoms with van der Waals surface area (Å²) in [6, 6.07) is 0.192. The molecule has 3 atom stereocenters. The van der Waals surface area contributed by atoms with Gasteiger partial charge in [0, 0.05) is 31.2 Å². The first-order valence-corrected chi connectivity index (χ1v) is 6.44. The summed E-state index contributed by atoms with van der Waals surface area (Å²) < 4.78 is 0. The number of rotatable bonds is 4. The highest BCUT2D eigenvalue weighted by Crippen LogP contribution is 2.24. The van der Waals surface area contributed by atoms with Crippen LogP contribution in [-0.2, 0) is 0 Å². The maximum absolute atomic E-state index is 9.88. The van der Waals surface area contributed by atoms with E-state index in [1.807, 2.05) is 0 Å². The van der Waals surface area contributed by atoms with E-state index in [2.05, 4.69) is 22.2 Å². The normalized spacial score (nSPS) is 26.7. The van der Waals surface area contributed by atoms with E-state index in [1.54, 1.807) is 18.6 Å². The van der Waals surface area contributed by atoms with E-state index < -0.39 is 0 Å². The van der Waals surface area contributed by atoms with Crippen LogP contribution in [0, 0.1) is 5.92 Å². The van der Waals surface area contributed by atoms with E-state index in [-0.39, 0.29) is 12.1 Å². The molecule has 1 saturated carbocycles. The van der Waals surface area contributed by atoms with Crippen molar-refractivity contribution < 1.29 is 5.11 Å². The standard InChI is InChI=1S/C13H21N3O/c1-10(12-9-14-6-7-15-12)16-8-11-4-2-3-5-13(11)17/h6-7,9-11,13,16-17H,2-5,8H2,1H3. The molecule has 0 aromatic carbocycles. The second-order valence-electron chi connectivity index (χ2n) is 4.87. The van der Waals surface area contributed by atoms with Crippen molar-refractivity contribution in [3.63, 3.8) is 0 Å². The molecule has 1 aromatic heterocycles. The van der Waals surface area contributed by atoms with Gasteiger partial charge in [-0.15, -0.1) is 0 Å². The fourth-order valence-corrected chi connectivity index (χ4v) is 2.39. The Bertz CT molecular complexity index is 331. The molecule has 2 rings (SSSR count). The van der Waals surface area contributed by atoms with Crippen LogP contribution in [0.15, 0.2) is 18.6 Å². The smallest absolute Gasteiger partial charge is 0.0753 e. The third-order valence-corrected chi connectivity index (χ3v) is 3.58. The molecular formula is C13H21N3O. The first-order chi connectivity index (χ1) is 8.27. The Morgan fingerprint density at radius 1 is 1.41 bits per heavy atom. The summed E-state index contributed by atoms with van der Waals surface area (Å²) in [7, 11) is 0. The van der Waals surface area contributed by atoms with Crippen LogP contribution in [0.5, 0.6) is 0 Å². The number of nitrogens with one attached hydrogen (secondary N) is 1. The summed E-state index contributed by atoms with van der Waals surface area (Å²) in [5, 5.41) is 13.3. The van der Waals surface area contributed by atoms with Crippen molar-refractivity contribution in [2.24, 2.45) is 5.92 Å². The third kappa shape index (κ3) is 3.48. The Morgan fingerprint density at radius 2 is 2.24 bits per heavy atom. The van der Waals surface area contributed by atoms with E-state index >= 15 is 0 Å². The molecule has 2 N–H and O–H groups in total. The van der Waals surface area contributed by atoms with Crippen molar-refractivity contribution in [2.45, 2.75) is 44.8 Å². The largest absolute Gasteiger partial charge is 0.393 e. The molecule has 1 aromatic rings. The van der Waals surface area contributed by atoms with Crippen molar-refractivity contribution in [1.82, 2.24) is 15.3 Å². The van der Waals surface area contributed by atoms with Gasteiger partial charge < -0.3 is 10.4 Å². The van der Waals surface area contributed by atoms with Gasteiger partial charge in [-0.2, -0.15) is 0 Å². The summed E-state index contributed by atoms with van der Waals surface area (Å²) in [5.74, 6) is 0.392. The highest BCUT2D eigenvalue weighted by Gasteiger charge is 2.23. The Labute approximate surface area is 102 Å². The molecule has 4 heteroatoms. The van der Waals surface area contributed by atoms with Crippen LogP contribution < -0.4 is 5.32 Å². The Balaban J connectivity index is 1.81. The highest BCUT2D eigenvalue weighted by molar-refractivity contribution is 5.00. The lowest BCUT2D eigenvalue weighted by Gasteiger charge is -2.28. The van der Waals surface area contributed by atoms with E-state index in [1.165, 1.54) is 6.42 Å². The minimum atomic E-state index is -0.134. The number of nitrogens with zero attached hydrogens (tertiary/aromatic N) is 2. The number of aliphatic hydroxyl groups excluding tert-OH is 1. The van der Waals surface area contributed by atoms with Crippen molar-refractivity contribution in [3.05, 3.63) is 24.3 Å². The van der Waals surface area contributed by atoms with Crippen LogP contribution in [-0.4, -0.2) is 27.7 Å². The molecular weight excluding hydrogens is 214 g/mol. The van der Waals surface area contributed by atoms with E-state index in [4.69, 9.17) is 0 Å². The minimum absolute atomic E-state index is 0.134. The molecule has 1 heterocycles. The zero-order valence-electron chi connectivity index (χ0n) is 10.3. The maximum atomic E-state index is 9.88. The molecule has 4 nitrogen and oxygen atoms in total. The second kappa shape index (κ2) is 6.07. The van der Waals surface area contributed by atoms with Crippen LogP contribution in [0.4, 0.5) is 0 Å². The molecule has 3 unspecified atom stereocenters. The van der Waals surface area contributed by atoms with E-state index in [0.717, 1.165) is 31.5 Å². The molecule has 0 aliphatic heterocycles. The summed E-state index contributed by atoms with van der Waals surface area (Å²) >= 11 is 0. The lowest BCUT2D eigenvalue weighted by atomic mass is 9.86. The predicted octanol–water partition coefficient (Wildman–Crippen LogP) is 1.68. The van der Waals surface area contributed by atoms with Gasteiger partial charge in [0.2, 0.25) is 0 Å². The molecule has 1 aliphatic carbocycles. The lowest BCUT2D eigenvalue weighted by Crippen LogP contribution is -2.35. The first kappa shape index (κ1) is 12.5. The summed E-state index contributed by atoms with van der Waals surface area (Å²) in [6.07, 6.45) is 9.53. The number of aromatic nitrogens is 2. The first-order valence-electron chi connectivity index (χ1n) is 6.44. The van der Waals surface area contributed by atoms with Gasteiger partial charge in [0.25, 0.3) is 0 Å². The minimum Gasteiger partial charge on any atom is -0.393 e. The van der Waals surface area contributed by atoms with Crippen LogP contribution in [0.2, 0.25) is 0 Å². The number of hydrogen-bond donors (Lipinski definition) is 2. The third-order valence-electron chi connectivity index (χ3n) is 3.58. The van der Waals surface area contributed by atoms with Crippen LogP contribution in [0.1, 0.15) is 44.3 Å². The molecule has 1 aliphatic rings. The second-order valence-corrected chi connectivity index (χ2v) is 4.87. The van der Waals surface area contributed by atoms with Crippen LogP contribution in [0.25, 0.3) is 0 Å². The fraction of sp³-hybridized carbons (Fsp3) is 0.692. The van der Waals surface area contributed by atoms with Gasteiger partial charge in [-0.3, -0.25) is 9.97 Å². The molecule has 1 fully saturated rings. The average molecular weight is 235 g/mol. The molecule has 0 spiro atoms. The zero-order chi connectivity index (χ0) is 12.1. The Kier molecular flexibility index (Phi) is 4.45. The van der Waals surface area contributed by atoms with Crippen LogP contribution >= 0.6 is 0 Å². The van der Waals surface area contributed by atoms with Gasteiger partial charge in [-0.05, 0) is 25.7 Å². The predicted molar refractivity (Wildman–Crippen MR) is 66.4 cm³/mol. The number of aliphatic hydroxyl groups is 1. The quantitative estimate of drug-likeness (QED) is 0.833. The van der Waals surface area contributed by atoms with Crippen molar-refractivity contribution in [2.75, 3.05) is 6.54 Å². The summed E-state index contributed by atoms with van der Waals surface area (Å²) in [5.41, 5.74) is 0.956. The summed E-state index contributed by atoms with van der Waals surface area (Å²) in [6.45, 7) is 2.94. The zero-order valence-corrected chi connectivity index (χ0v) is 10.3. The Hall–Kier alpha value is -1.00. The van der Waals surface area contributed by atoms with Crippen molar-refractivity contribution in [3.8, 4) is 0 Å². The lowest BCUT2D eigenvalue weighted by molar-refractivity contribution is 0.0683. The summed E-state index contributed by atoms with van der Waals surface area (Å²) in [4.78, 5) is 8.34. The Morgan fingerprint density at radius 3 is 2.94 bits per heavy atom. The molecule has 0 saturated heterocycles. The topological polar surface area (TPSA) is 58.0 Å². The van der Waals surface area contributed by atoms with Crippen LogP contribution in [0.3, 0.4) is 0 Å². The van der Waals surface area contributed by atoms with E-state index in [9.17, 15) is 5.11 Å². The van der Waals surface area contributed by atoms with Crippen molar-refractivity contribution in [1.29, 1.82) is 0 Å². The fourth-order valence-electron chi connectivity index (χ4n) is 2.39. The molecule has 17 heavy (non-hydrogen) atoms. The van der Waals surface area contributed by atoms with Gasteiger partial charge in [0.15, 0.2) is 0 Å². The molecule has 0 amide bonds. The maximum Gasteiger partial charge on any atom is 0.0753 e. The van der Waals surface area contributed by atoms with E-state index in [0.29, 0.717) is 5.92 Å². The average Bonchev–Trinajstić information content (AvgIpc) is 2.38. The van der Waals surface area contributed by atoms with Gasteiger partial charge in [0.05, 0.1) is 11.8 Å². The van der Waals surface area contributed by atoms with Gasteiger partial charge >= 0.3 is 0 Å². The monoisotopic (exact) mass is 235 g/mol. The van der Waals surface area contributed by atoms with Gasteiger partial charge in [0.1, 0.15) is 0 Å². The van der Waals surface area contributed by atoms with Crippen molar-refractivity contribution >= 4 is 0 Å². The van der Waals surface area contributed by atoms with Gasteiger partial charge in [-0.1, -0.05) is 12.8 Å². The number of hydrogen-bond acceptors (Lipinski definition) is 4. The molecule has 0 radical (unpaired) electrons.